The molecular formula is C15H23Cl2Zr. The molecule has 0 fully saturated rings. The predicted molar refractivity (Wildman–Crippen MR) is 65.6 cm³/mol. The predicted octanol–water partition coefficient (Wildman–Crippen LogP) is -1.03. The van der Waals surface area contributed by atoms with E-state index in [1.807, 2.05) is 0 Å². The van der Waals surface area contributed by atoms with Crippen LogP contribution in [0.25, 0.3) is 0 Å². The Morgan fingerprint density at radius 1 is 0.722 bits per heavy atom. The largest absolute Gasteiger partial charge is 3.00 e. The summed E-state index contributed by atoms with van der Waals surface area (Å²) in [6, 6.07) is 0. The molecule has 2 aliphatic rings. The SMILES string of the molecule is [C-]1=CC2=C(C1)CCCCCCCCCC2.[Cl-].[Cl-].[Zr+3]. The number of hydrogen-bond acceptors (Lipinski definition) is 0. The van der Waals surface area contributed by atoms with Gasteiger partial charge in [0.2, 0.25) is 0 Å². The summed E-state index contributed by atoms with van der Waals surface area (Å²) in [5, 5.41) is 0. The first-order valence-corrected chi connectivity index (χ1v) is 6.74. The van der Waals surface area contributed by atoms with E-state index in [1.54, 1.807) is 11.1 Å². The van der Waals surface area contributed by atoms with Gasteiger partial charge in [-0.05, 0) is 6.42 Å². The van der Waals surface area contributed by atoms with Crippen LogP contribution in [0, 0.1) is 6.08 Å². The molecule has 101 valence electrons. The van der Waals surface area contributed by atoms with E-state index in [0.717, 1.165) is 6.42 Å². The van der Waals surface area contributed by atoms with Crippen molar-refractivity contribution >= 4 is 0 Å². The number of allylic oxidation sites excluding steroid dienone is 4. The molecule has 0 N–H and O–H groups in total. The summed E-state index contributed by atoms with van der Waals surface area (Å²) in [6.07, 6.45) is 21.0. The summed E-state index contributed by atoms with van der Waals surface area (Å²) < 4.78 is 0. The first-order valence-electron chi connectivity index (χ1n) is 6.74. The maximum absolute atomic E-state index is 3.39. The molecule has 0 spiro atoms. The third kappa shape index (κ3) is 7.51. The minimum Gasteiger partial charge on any atom is -1.00 e. The minimum absolute atomic E-state index is 0. The van der Waals surface area contributed by atoms with Gasteiger partial charge in [0.05, 0.1) is 0 Å². The number of halogens is 2. The van der Waals surface area contributed by atoms with E-state index in [4.69, 9.17) is 0 Å². The fourth-order valence-corrected chi connectivity index (χ4v) is 2.73. The van der Waals surface area contributed by atoms with Gasteiger partial charge in [-0.3, -0.25) is 6.08 Å². The van der Waals surface area contributed by atoms with Crippen LogP contribution in [0.5, 0.6) is 0 Å². The Bertz CT molecular complexity index is 259. The van der Waals surface area contributed by atoms with Crippen LogP contribution in [0.4, 0.5) is 0 Å². The first-order chi connectivity index (χ1) is 7.47. The van der Waals surface area contributed by atoms with Crippen LogP contribution < -0.4 is 24.8 Å². The molecular weight excluding hydrogens is 342 g/mol. The van der Waals surface area contributed by atoms with Crippen molar-refractivity contribution in [2.45, 2.75) is 70.6 Å². The fraction of sp³-hybridized carbons (Fsp3) is 0.733. The van der Waals surface area contributed by atoms with E-state index in [-0.39, 0.29) is 51.0 Å². The molecule has 0 aromatic rings. The van der Waals surface area contributed by atoms with Gasteiger partial charge < -0.3 is 24.8 Å². The molecule has 1 radical (unpaired) electrons. The van der Waals surface area contributed by atoms with Crippen LogP contribution in [-0.2, 0) is 26.2 Å². The van der Waals surface area contributed by atoms with Gasteiger partial charge >= 0.3 is 26.2 Å². The Hall–Kier alpha value is 0.943. The topological polar surface area (TPSA) is 0 Å². The number of hydrogen-bond donors (Lipinski definition) is 0. The molecule has 0 nitrogen and oxygen atoms in total. The van der Waals surface area contributed by atoms with Crippen molar-refractivity contribution in [2.75, 3.05) is 0 Å². The molecule has 0 saturated heterocycles. The monoisotopic (exact) mass is 363 g/mol. The third-order valence-corrected chi connectivity index (χ3v) is 3.72. The van der Waals surface area contributed by atoms with E-state index in [2.05, 4.69) is 12.2 Å². The van der Waals surface area contributed by atoms with Crippen LogP contribution in [0.1, 0.15) is 70.6 Å². The minimum atomic E-state index is 0. The molecule has 0 atom stereocenters. The van der Waals surface area contributed by atoms with Gasteiger partial charge in [0, 0.05) is 0 Å². The second-order valence-electron chi connectivity index (χ2n) is 4.98. The van der Waals surface area contributed by atoms with Gasteiger partial charge in [0.15, 0.2) is 0 Å². The average molecular weight is 365 g/mol. The van der Waals surface area contributed by atoms with Crippen molar-refractivity contribution in [3.8, 4) is 0 Å². The normalized spacial score (nSPS) is 20.4. The molecule has 18 heavy (non-hydrogen) atoms. The Kier molecular flexibility index (Phi) is 15.3. The van der Waals surface area contributed by atoms with Gasteiger partial charge in [-0.1, -0.05) is 57.8 Å². The summed E-state index contributed by atoms with van der Waals surface area (Å²) in [4.78, 5) is 0. The van der Waals surface area contributed by atoms with E-state index in [1.165, 1.54) is 64.2 Å². The van der Waals surface area contributed by atoms with E-state index >= 15 is 0 Å². The van der Waals surface area contributed by atoms with Crippen LogP contribution in [-0.4, -0.2) is 0 Å². The molecule has 0 aromatic heterocycles. The van der Waals surface area contributed by atoms with Crippen LogP contribution >= 0.6 is 0 Å². The molecule has 0 amide bonds. The van der Waals surface area contributed by atoms with Crippen LogP contribution in [0.3, 0.4) is 0 Å². The fourth-order valence-electron chi connectivity index (χ4n) is 2.73. The van der Waals surface area contributed by atoms with Gasteiger partial charge in [0.1, 0.15) is 0 Å². The van der Waals surface area contributed by atoms with E-state index in [9.17, 15) is 0 Å². The van der Waals surface area contributed by atoms with Crippen LogP contribution in [0.2, 0.25) is 0 Å². The summed E-state index contributed by atoms with van der Waals surface area (Å²) in [6.45, 7) is 0. The van der Waals surface area contributed by atoms with Crippen molar-refractivity contribution in [1.82, 2.24) is 0 Å². The summed E-state index contributed by atoms with van der Waals surface area (Å²) in [5.41, 5.74) is 3.34. The Morgan fingerprint density at radius 2 is 1.22 bits per heavy atom. The Balaban J connectivity index is 0. The zero-order chi connectivity index (χ0) is 10.3. The Labute approximate surface area is 144 Å². The van der Waals surface area contributed by atoms with Crippen molar-refractivity contribution < 1.29 is 51.0 Å². The third-order valence-electron chi connectivity index (χ3n) is 3.72. The summed E-state index contributed by atoms with van der Waals surface area (Å²) in [5.74, 6) is 0. The molecule has 0 bridgehead atoms. The first kappa shape index (κ1) is 21.2. The quantitative estimate of drug-likeness (QED) is 0.482. The van der Waals surface area contributed by atoms with E-state index < -0.39 is 0 Å². The molecule has 0 aromatic carbocycles. The zero-order valence-electron chi connectivity index (χ0n) is 11.1. The maximum Gasteiger partial charge on any atom is 3.00 e. The number of rotatable bonds is 0. The second kappa shape index (κ2) is 13.0. The summed E-state index contributed by atoms with van der Waals surface area (Å²) >= 11 is 0. The molecule has 2 rings (SSSR count). The Morgan fingerprint density at radius 3 is 1.83 bits per heavy atom. The molecule has 0 aliphatic heterocycles. The van der Waals surface area contributed by atoms with Crippen molar-refractivity contribution in [2.24, 2.45) is 0 Å². The molecule has 0 saturated carbocycles. The van der Waals surface area contributed by atoms with E-state index in [0.29, 0.717) is 0 Å². The smallest absolute Gasteiger partial charge is 1.00 e. The van der Waals surface area contributed by atoms with Gasteiger partial charge in [-0.2, -0.15) is 11.1 Å². The standard InChI is InChI=1S/C15H23.2ClH.Zr/c1-2-4-6-8-11-15-13-9-12-14(15)10-7-5-3-1;;;/h12H,1-8,10-11,13H2;2*1H;/q-1;;;+3/p-2. The second-order valence-corrected chi connectivity index (χ2v) is 4.98. The summed E-state index contributed by atoms with van der Waals surface area (Å²) in [7, 11) is 0. The molecule has 0 unspecified atom stereocenters. The maximum atomic E-state index is 3.39. The van der Waals surface area contributed by atoms with Crippen LogP contribution in [0.15, 0.2) is 17.2 Å². The van der Waals surface area contributed by atoms with Gasteiger partial charge in [0.25, 0.3) is 0 Å². The average Bonchev–Trinajstić information content (AvgIpc) is 2.65. The molecule has 2 aliphatic carbocycles. The van der Waals surface area contributed by atoms with Crippen molar-refractivity contribution in [3.05, 3.63) is 23.3 Å². The zero-order valence-corrected chi connectivity index (χ0v) is 15.1. The van der Waals surface area contributed by atoms with Crippen molar-refractivity contribution in [1.29, 1.82) is 0 Å². The van der Waals surface area contributed by atoms with Gasteiger partial charge in [-0.25, -0.2) is 6.08 Å². The van der Waals surface area contributed by atoms with Crippen molar-refractivity contribution in [3.63, 3.8) is 0 Å². The molecule has 3 heteroatoms. The van der Waals surface area contributed by atoms with Gasteiger partial charge in [-0.15, -0.1) is 6.42 Å². The molecule has 0 heterocycles.